The number of fused-ring (bicyclic) bond motifs is 1. The summed E-state index contributed by atoms with van der Waals surface area (Å²) in [5, 5.41) is 1.20. The lowest BCUT2D eigenvalue weighted by Crippen LogP contribution is -2.20. The molecule has 0 amide bonds. The molecule has 3 aromatic carbocycles. The molecule has 40 heavy (non-hydrogen) atoms. The molecule has 0 saturated carbocycles. The second-order valence-electron chi connectivity index (χ2n) is 8.76. The van der Waals surface area contributed by atoms with Gasteiger partial charge in [0.1, 0.15) is 0 Å². The molecule has 10 nitrogen and oxygen atoms in total. The van der Waals surface area contributed by atoms with Crippen molar-refractivity contribution in [1.82, 2.24) is 9.55 Å². The first kappa shape index (κ1) is 29.4. The number of phosphoric ester groups is 1. The largest absolute Gasteiger partial charge is 0.524 e. The highest BCUT2D eigenvalue weighted by Crippen LogP contribution is 2.47. The summed E-state index contributed by atoms with van der Waals surface area (Å²) < 4.78 is 29.0. The van der Waals surface area contributed by atoms with Crippen LogP contribution in [-0.2, 0) is 17.4 Å². The van der Waals surface area contributed by atoms with Gasteiger partial charge >= 0.3 is 7.82 Å². The van der Waals surface area contributed by atoms with E-state index in [0.29, 0.717) is 27.4 Å². The topological polar surface area (TPSA) is 137 Å². The Morgan fingerprint density at radius 2 is 1.68 bits per heavy atom. The third-order valence-corrected chi connectivity index (χ3v) is 7.51. The average molecular weight is 585 g/mol. The van der Waals surface area contributed by atoms with Crippen LogP contribution >= 0.6 is 19.6 Å². The number of ether oxygens (including phenoxy) is 2. The monoisotopic (exact) mass is 584 g/mol. The lowest BCUT2D eigenvalue weighted by Gasteiger charge is -2.18. The molecule has 1 aromatic heterocycles. The van der Waals surface area contributed by atoms with Crippen LogP contribution in [0.5, 0.6) is 17.2 Å². The number of ketones is 1. The summed E-state index contributed by atoms with van der Waals surface area (Å²) in [5.41, 5.74) is 2.90. The summed E-state index contributed by atoms with van der Waals surface area (Å²) >= 11 is 1.42. The Hall–Kier alpha value is -3.63. The van der Waals surface area contributed by atoms with Gasteiger partial charge in [-0.2, -0.15) is 0 Å². The van der Waals surface area contributed by atoms with Gasteiger partial charge in [0, 0.05) is 18.4 Å². The van der Waals surface area contributed by atoms with E-state index >= 15 is 0 Å². The number of thioether (sulfide) groups is 1. The van der Waals surface area contributed by atoms with Gasteiger partial charge in [-0.25, -0.2) is 9.55 Å². The highest BCUT2D eigenvalue weighted by molar-refractivity contribution is 7.98. The van der Waals surface area contributed by atoms with E-state index < -0.39 is 7.82 Å². The molecule has 12 heteroatoms. The van der Waals surface area contributed by atoms with E-state index in [0.717, 1.165) is 11.1 Å². The smallest absolute Gasteiger partial charge is 0.489 e. The maximum absolute atomic E-state index is 13.4. The van der Waals surface area contributed by atoms with Gasteiger partial charge in [0.2, 0.25) is 5.75 Å². The lowest BCUT2D eigenvalue weighted by molar-refractivity contribution is 0.103. The summed E-state index contributed by atoms with van der Waals surface area (Å²) in [7, 11) is -3.17. The molecule has 0 saturated heterocycles. The normalized spacial score (nSPS) is 11.4. The molecule has 4 aromatic rings. The van der Waals surface area contributed by atoms with Crippen molar-refractivity contribution in [1.29, 1.82) is 0 Å². The van der Waals surface area contributed by atoms with E-state index in [1.54, 1.807) is 37.6 Å². The zero-order chi connectivity index (χ0) is 29.0. The van der Waals surface area contributed by atoms with Crippen LogP contribution in [0.3, 0.4) is 0 Å². The number of hydrogen-bond donors (Lipinski definition) is 2. The molecule has 1 heterocycles. The number of carbonyl (C=O) groups excluding carboxylic acids is 1. The molecule has 210 valence electrons. The van der Waals surface area contributed by atoms with Crippen molar-refractivity contribution in [3.63, 3.8) is 0 Å². The number of nitrogens with zero attached hydrogens (tertiary/aromatic N) is 2. The molecular weight excluding hydrogens is 555 g/mol. The molecule has 4 rings (SSSR count). The minimum atomic E-state index is -4.87. The molecular formula is C28H29N2O8PS. The first-order chi connectivity index (χ1) is 19.0. The zero-order valence-electron chi connectivity index (χ0n) is 22.4. The number of benzene rings is 3. The van der Waals surface area contributed by atoms with Gasteiger partial charge < -0.3 is 14.0 Å². The summed E-state index contributed by atoms with van der Waals surface area (Å²) in [5.74, 6) is -0.0810. The van der Waals surface area contributed by atoms with Crippen molar-refractivity contribution in [2.45, 2.75) is 31.7 Å². The molecule has 0 radical (unpaired) electrons. The van der Waals surface area contributed by atoms with E-state index in [1.165, 1.54) is 23.9 Å². The maximum Gasteiger partial charge on any atom is 0.524 e. The Kier molecular flexibility index (Phi) is 9.00. The molecule has 0 unspecified atom stereocenters. The highest BCUT2D eigenvalue weighted by Gasteiger charge is 2.26. The van der Waals surface area contributed by atoms with Crippen molar-refractivity contribution in [2.24, 2.45) is 7.05 Å². The van der Waals surface area contributed by atoms with Crippen LogP contribution < -0.4 is 19.6 Å². The first-order valence-electron chi connectivity index (χ1n) is 12.4. The molecule has 0 atom stereocenters. The highest BCUT2D eigenvalue weighted by atomic mass is 32.2. The van der Waals surface area contributed by atoms with Gasteiger partial charge in [-0.15, -0.1) is 0 Å². The number of rotatable bonds is 11. The number of hydrogen-bond acceptors (Lipinski definition) is 8. The molecule has 0 aliphatic heterocycles. The van der Waals surface area contributed by atoms with Crippen LogP contribution in [0, 0.1) is 6.92 Å². The fraction of sp³-hybridized carbons (Fsp3) is 0.250. The fourth-order valence-corrected chi connectivity index (χ4v) is 5.46. The van der Waals surface area contributed by atoms with Crippen molar-refractivity contribution in [3.8, 4) is 17.2 Å². The summed E-state index contributed by atoms with van der Waals surface area (Å²) in [6, 6.07) is 15.3. The molecule has 0 fully saturated rings. The third kappa shape index (κ3) is 6.39. The molecule has 0 aliphatic carbocycles. The van der Waals surface area contributed by atoms with Crippen molar-refractivity contribution >= 4 is 36.3 Å². The van der Waals surface area contributed by atoms with E-state index in [-0.39, 0.29) is 47.4 Å². The second kappa shape index (κ2) is 12.3. The van der Waals surface area contributed by atoms with E-state index in [2.05, 4.69) is 4.98 Å². The predicted molar refractivity (Wildman–Crippen MR) is 153 cm³/mol. The van der Waals surface area contributed by atoms with Crippen molar-refractivity contribution in [3.05, 3.63) is 87.2 Å². The number of carbonyl (C=O) groups is 1. The predicted octanol–water partition coefficient (Wildman–Crippen LogP) is 5.03. The Morgan fingerprint density at radius 1 is 1.00 bits per heavy atom. The summed E-state index contributed by atoms with van der Waals surface area (Å²) in [6.07, 6.45) is 0. The van der Waals surface area contributed by atoms with Crippen LogP contribution in [0.1, 0.15) is 40.9 Å². The van der Waals surface area contributed by atoms with E-state index in [1.807, 2.05) is 37.3 Å². The van der Waals surface area contributed by atoms with Crippen molar-refractivity contribution in [2.75, 3.05) is 13.2 Å². The summed E-state index contributed by atoms with van der Waals surface area (Å²) in [4.78, 5) is 49.5. The Morgan fingerprint density at radius 3 is 2.33 bits per heavy atom. The SMILES string of the molecule is CCOc1c(OP(=O)(O)O)ccc(C(=O)c2ccc(CSc3nc4cccc(C)c4c(=O)n3C)cc2)c1OCC. The third-order valence-electron chi connectivity index (χ3n) is 5.97. The van der Waals surface area contributed by atoms with Gasteiger partial charge in [-0.1, -0.05) is 48.2 Å². The van der Waals surface area contributed by atoms with Crippen LogP contribution in [-0.4, -0.2) is 38.3 Å². The Bertz CT molecular complexity index is 1660. The van der Waals surface area contributed by atoms with Crippen molar-refractivity contribution < 1.29 is 33.1 Å². The van der Waals surface area contributed by atoms with Crippen LogP contribution in [0.2, 0.25) is 0 Å². The zero-order valence-corrected chi connectivity index (χ0v) is 24.1. The molecule has 0 bridgehead atoms. The molecule has 0 spiro atoms. The van der Waals surface area contributed by atoms with Gasteiger partial charge in [0.25, 0.3) is 5.56 Å². The second-order valence-corrected chi connectivity index (χ2v) is 10.9. The number of aromatic nitrogens is 2. The standard InChI is InChI=1S/C28H29N2O8PS/c1-5-36-25-20(14-15-22(26(25)37-6-2)38-39(33,34)35)24(31)19-12-10-18(11-13-19)16-40-28-29-21-9-7-8-17(3)23(21)27(32)30(28)4/h7-15H,5-6,16H2,1-4H3,(H2,33,34,35). The van der Waals surface area contributed by atoms with Gasteiger partial charge in [-0.3, -0.25) is 23.9 Å². The Labute approximate surface area is 235 Å². The lowest BCUT2D eigenvalue weighted by atomic mass is 10.0. The molecule has 0 aliphatic rings. The minimum absolute atomic E-state index is 0.0402. The average Bonchev–Trinajstić information content (AvgIpc) is 2.91. The quantitative estimate of drug-likeness (QED) is 0.107. The fourth-order valence-electron chi connectivity index (χ4n) is 4.13. The number of aryl methyl sites for hydroxylation is 1. The molecule has 2 N–H and O–H groups in total. The van der Waals surface area contributed by atoms with Crippen LogP contribution in [0.25, 0.3) is 10.9 Å². The van der Waals surface area contributed by atoms with Crippen LogP contribution in [0.4, 0.5) is 0 Å². The maximum atomic E-state index is 13.4. The summed E-state index contributed by atoms with van der Waals surface area (Å²) in [6.45, 7) is 5.63. The van der Waals surface area contributed by atoms with Gasteiger partial charge in [0.15, 0.2) is 22.4 Å². The number of phosphoric acid groups is 1. The first-order valence-corrected chi connectivity index (χ1v) is 15.0. The van der Waals surface area contributed by atoms with Gasteiger partial charge in [0.05, 0.1) is 29.7 Å². The Balaban J connectivity index is 1.58. The van der Waals surface area contributed by atoms with E-state index in [4.69, 9.17) is 14.0 Å². The van der Waals surface area contributed by atoms with Gasteiger partial charge in [-0.05, 0) is 50.1 Å². The van der Waals surface area contributed by atoms with E-state index in [9.17, 15) is 23.9 Å². The minimum Gasteiger partial charge on any atom is -0.489 e. The van der Waals surface area contributed by atoms with Crippen LogP contribution in [0.15, 0.2) is 64.5 Å².